The largest absolute Gasteiger partial charge is 0.481 e. The summed E-state index contributed by atoms with van der Waals surface area (Å²) >= 11 is 0. The van der Waals surface area contributed by atoms with Crippen LogP contribution >= 0.6 is 0 Å². The van der Waals surface area contributed by atoms with Gasteiger partial charge in [0.25, 0.3) is 0 Å². The number of benzene rings is 1. The maximum atomic E-state index is 11.4. The number of pyridine rings is 1. The lowest BCUT2D eigenvalue weighted by Crippen LogP contribution is -2.04. The first-order valence-corrected chi connectivity index (χ1v) is 6.14. The van der Waals surface area contributed by atoms with Crippen molar-refractivity contribution in [3.63, 3.8) is 0 Å². The minimum Gasteiger partial charge on any atom is -0.481 e. The molecule has 104 valence electrons. The standard InChI is InChI=1S/C15H16N2O3/c1-19-14-7-6-11(10-17-14)9-16-13-5-3-4-12(8-13)15(18)20-2/h3-8,10,16H,9H2,1-2H3. The van der Waals surface area contributed by atoms with E-state index in [0.29, 0.717) is 18.0 Å². The summed E-state index contributed by atoms with van der Waals surface area (Å²) in [7, 11) is 2.95. The highest BCUT2D eigenvalue weighted by molar-refractivity contribution is 5.90. The molecule has 0 amide bonds. The van der Waals surface area contributed by atoms with Gasteiger partial charge in [0.2, 0.25) is 5.88 Å². The molecule has 0 spiro atoms. The average Bonchev–Trinajstić information content (AvgIpc) is 2.53. The van der Waals surface area contributed by atoms with Crippen molar-refractivity contribution in [2.45, 2.75) is 6.54 Å². The topological polar surface area (TPSA) is 60.5 Å². The molecule has 0 atom stereocenters. The normalized spacial score (nSPS) is 9.90. The number of nitrogens with zero attached hydrogens (tertiary/aromatic N) is 1. The molecular formula is C15H16N2O3. The van der Waals surface area contributed by atoms with Crippen LogP contribution in [0.25, 0.3) is 0 Å². The van der Waals surface area contributed by atoms with E-state index in [1.165, 1.54) is 7.11 Å². The van der Waals surface area contributed by atoms with Crippen LogP contribution in [-0.2, 0) is 11.3 Å². The lowest BCUT2D eigenvalue weighted by atomic mass is 10.2. The van der Waals surface area contributed by atoms with Crippen molar-refractivity contribution in [2.75, 3.05) is 19.5 Å². The Kier molecular flexibility index (Phi) is 4.55. The van der Waals surface area contributed by atoms with Gasteiger partial charge in [-0.15, -0.1) is 0 Å². The number of nitrogens with one attached hydrogen (secondary N) is 1. The molecule has 20 heavy (non-hydrogen) atoms. The Morgan fingerprint density at radius 1 is 1.25 bits per heavy atom. The van der Waals surface area contributed by atoms with Crippen LogP contribution in [0.2, 0.25) is 0 Å². The Balaban J connectivity index is 2.01. The molecule has 1 aromatic carbocycles. The predicted molar refractivity (Wildman–Crippen MR) is 75.9 cm³/mol. The van der Waals surface area contributed by atoms with Crippen LogP contribution in [0.3, 0.4) is 0 Å². The summed E-state index contributed by atoms with van der Waals surface area (Å²) in [6.45, 7) is 0.613. The second-order valence-corrected chi connectivity index (χ2v) is 4.13. The molecule has 0 radical (unpaired) electrons. The lowest BCUT2D eigenvalue weighted by molar-refractivity contribution is 0.0601. The summed E-state index contributed by atoms with van der Waals surface area (Å²) in [6, 6.07) is 10.9. The number of hydrogen-bond acceptors (Lipinski definition) is 5. The molecule has 5 heteroatoms. The summed E-state index contributed by atoms with van der Waals surface area (Å²) in [4.78, 5) is 15.6. The molecule has 0 aliphatic carbocycles. The average molecular weight is 272 g/mol. The molecular weight excluding hydrogens is 256 g/mol. The molecule has 0 saturated heterocycles. The monoisotopic (exact) mass is 272 g/mol. The Hall–Kier alpha value is -2.56. The third kappa shape index (κ3) is 3.47. The molecule has 2 rings (SSSR count). The first kappa shape index (κ1) is 13.9. The predicted octanol–water partition coefficient (Wildman–Crippen LogP) is 2.49. The molecule has 0 unspecified atom stereocenters. The molecule has 0 aliphatic heterocycles. The van der Waals surface area contributed by atoms with Gasteiger partial charge in [0, 0.05) is 24.5 Å². The maximum Gasteiger partial charge on any atom is 0.337 e. The number of anilines is 1. The van der Waals surface area contributed by atoms with Gasteiger partial charge in [-0.25, -0.2) is 9.78 Å². The Morgan fingerprint density at radius 3 is 2.75 bits per heavy atom. The quantitative estimate of drug-likeness (QED) is 0.847. The summed E-state index contributed by atoms with van der Waals surface area (Å²) in [6.07, 6.45) is 1.75. The molecule has 0 saturated carbocycles. The van der Waals surface area contributed by atoms with E-state index in [-0.39, 0.29) is 5.97 Å². The first-order valence-electron chi connectivity index (χ1n) is 6.14. The highest BCUT2D eigenvalue weighted by atomic mass is 16.5. The molecule has 1 heterocycles. The van der Waals surface area contributed by atoms with Gasteiger partial charge in [0.1, 0.15) is 0 Å². The molecule has 5 nitrogen and oxygen atoms in total. The van der Waals surface area contributed by atoms with Crippen LogP contribution < -0.4 is 10.1 Å². The fraction of sp³-hybridized carbons (Fsp3) is 0.200. The fourth-order valence-electron chi connectivity index (χ4n) is 1.71. The summed E-state index contributed by atoms with van der Waals surface area (Å²) < 4.78 is 9.69. The van der Waals surface area contributed by atoms with E-state index in [1.54, 1.807) is 31.5 Å². The molecule has 2 aromatic rings. The highest BCUT2D eigenvalue weighted by Crippen LogP contribution is 2.13. The highest BCUT2D eigenvalue weighted by Gasteiger charge is 2.05. The van der Waals surface area contributed by atoms with Crippen molar-refractivity contribution in [3.8, 4) is 5.88 Å². The van der Waals surface area contributed by atoms with Crippen LogP contribution in [0.5, 0.6) is 5.88 Å². The lowest BCUT2D eigenvalue weighted by Gasteiger charge is -2.08. The van der Waals surface area contributed by atoms with E-state index in [2.05, 4.69) is 15.0 Å². The summed E-state index contributed by atoms with van der Waals surface area (Å²) in [5.74, 6) is 0.237. The Labute approximate surface area is 117 Å². The minimum atomic E-state index is -0.347. The van der Waals surface area contributed by atoms with Gasteiger partial charge < -0.3 is 14.8 Å². The van der Waals surface area contributed by atoms with Gasteiger partial charge in [0.05, 0.1) is 19.8 Å². The van der Waals surface area contributed by atoms with E-state index in [1.807, 2.05) is 18.2 Å². The second-order valence-electron chi connectivity index (χ2n) is 4.13. The third-order valence-electron chi connectivity index (χ3n) is 2.79. The molecule has 1 aromatic heterocycles. The number of methoxy groups -OCH3 is 2. The minimum absolute atomic E-state index is 0.347. The van der Waals surface area contributed by atoms with Crippen molar-refractivity contribution < 1.29 is 14.3 Å². The smallest absolute Gasteiger partial charge is 0.337 e. The number of hydrogen-bond donors (Lipinski definition) is 1. The van der Waals surface area contributed by atoms with Gasteiger partial charge in [-0.3, -0.25) is 0 Å². The SMILES string of the molecule is COC(=O)c1cccc(NCc2ccc(OC)nc2)c1. The van der Waals surface area contributed by atoms with Gasteiger partial charge >= 0.3 is 5.97 Å². The van der Waals surface area contributed by atoms with E-state index in [9.17, 15) is 4.79 Å². The van der Waals surface area contributed by atoms with Crippen LogP contribution in [0, 0.1) is 0 Å². The number of ether oxygens (including phenoxy) is 2. The zero-order valence-corrected chi connectivity index (χ0v) is 11.4. The van der Waals surface area contributed by atoms with E-state index in [0.717, 1.165) is 11.3 Å². The van der Waals surface area contributed by atoms with Crippen LogP contribution in [-0.4, -0.2) is 25.2 Å². The second kappa shape index (κ2) is 6.56. The zero-order valence-electron chi connectivity index (χ0n) is 11.4. The first-order chi connectivity index (χ1) is 9.72. The van der Waals surface area contributed by atoms with Gasteiger partial charge in [-0.2, -0.15) is 0 Å². The maximum absolute atomic E-state index is 11.4. The van der Waals surface area contributed by atoms with Crippen molar-refractivity contribution >= 4 is 11.7 Å². The van der Waals surface area contributed by atoms with E-state index < -0.39 is 0 Å². The van der Waals surface area contributed by atoms with Crippen LogP contribution in [0.4, 0.5) is 5.69 Å². The molecule has 0 aliphatic rings. The third-order valence-corrected chi connectivity index (χ3v) is 2.79. The Morgan fingerprint density at radius 2 is 2.10 bits per heavy atom. The van der Waals surface area contributed by atoms with Gasteiger partial charge in [-0.1, -0.05) is 12.1 Å². The zero-order chi connectivity index (χ0) is 14.4. The molecule has 0 fully saturated rings. The summed E-state index contributed by atoms with van der Waals surface area (Å²) in [5.41, 5.74) is 2.39. The van der Waals surface area contributed by atoms with Crippen molar-refractivity contribution in [3.05, 3.63) is 53.7 Å². The van der Waals surface area contributed by atoms with Crippen molar-refractivity contribution in [1.29, 1.82) is 0 Å². The number of carbonyl (C=O) groups is 1. The van der Waals surface area contributed by atoms with Crippen LogP contribution in [0.1, 0.15) is 15.9 Å². The van der Waals surface area contributed by atoms with Crippen molar-refractivity contribution in [2.24, 2.45) is 0 Å². The summed E-state index contributed by atoms with van der Waals surface area (Å²) in [5, 5.41) is 3.23. The number of carbonyl (C=O) groups excluding carboxylic acids is 1. The fourth-order valence-corrected chi connectivity index (χ4v) is 1.71. The number of aromatic nitrogens is 1. The number of esters is 1. The van der Waals surface area contributed by atoms with Crippen LogP contribution in [0.15, 0.2) is 42.6 Å². The van der Waals surface area contributed by atoms with Crippen molar-refractivity contribution in [1.82, 2.24) is 4.98 Å². The molecule has 0 bridgehead atoms. The Bertz CT molecular complexity index is 582. The number of rotatable bonds is 5. The van der Waals surface area contributed by atoms with Gasteiger partial charge in [-0.05, 0) is 23.8 Å². The molecule has 1 N–H and O–H groups in total. The van der Waals surface area contributed by atoms with Gasteiger partial charge in [0.15, 0.2) is 0 Å². The van der Waals surface area contributed by atoms with E-state index >= 15 is 0 Å². The van der Waals surface area contributed by atoms with E-state index in [4.69, 9.17) is 4.74 Å².